The molecule has 3 heteroatoms. The number of nitrogens with one attached hydrogen (secondary N) is 1. The highest BCUT2D eigenvalue weighted by atomic mass is 32.1. The van der Waals surface area contributed by atoms with Crippen LogP contribution in [0.2, 0.25) is 0 Å². The maximum absolute atomic E-state index is 3.64. The molecule has 2 rings (SSSR count). The molecular formula is C16H22N2S. The second kappa shape index (κ2) is 6.73. The lowest BCUT2D eigenvalue weighted by Crippen LogP contribution is -2.12. The maximum atomic E-state index is 3.64. The van der Waals surface area contributed by atoms with Crippen LogP contribution in [0.5, 0.6) is 0 Å². The van der Waals surface area contributed by atoms with Crippen LogP contribution < -0.4 is 5.32 Å². The normalized spacial score (nSPS) is 12.6. The van der Waals surface area contributed by atoms with Crippen molar-refractivity contribution in [1.29, 1.82) is 0 Å². The van der Waals surface area contributed by atoms with Crippen molar-refractivity contribution >= 4 is 17.0 Å². The summed E-state index contributed by atoms with van der Waals surface area (Å²) < 4.78 is 0. The van der Waals surface area contributed by atoms with Crippen LogP contribution in [-0.4, -0.2) is 19.0 Å². The van der Waals surface area contributed by atoms with Gasteiger partial charge in [0.05, 0.1) is 6.04 Å². The Balaban J connectivity index is 2.09. The molecule has 1 aromatic carbocycles. The average molecular weight is 274 g/mol. The molecule has 0 aliphatic rings. The number of nitrogens with zero attached hydrogens (tertiary/aromatic N) is 1. The van der Waals surface area contributed by atoms with Gasteiger partial charge in [-0.2, -0.15) is 0 Å². The lowest BCUT2D eigenvalue weighted by Gasteiger charge is -2.18. The van der Waals surface area contributed by atoms with Crippen molar-refractivity contribution in [3.8, 4) is 0 Å². The van der Waals surface area contributed by atoms with Crippen LogP contribution in [0.25, 0.3) is 0 Å². The molecule has 0 spiro atoms. The minimum absolute atomic E-state index is 0.412. The zero-order valence-corrected chi connectivity index (χ0v) is 12.7. The van der Waals surface area contributed by atoms with Crippen LogP contribution in [0, 0.1) is 0 Å². The Morgan fingerprint density at radius 3 is 2.68 bits per heavy atom. The topological polar surface area (TPSA) is 15.3 Å². The standard InChI is InChI=1S/C16H22N2S/c1-4-15(16-9-6-10-19-16)17-14-8-5-7-13(11-14)12-18(2)3/h5-11,15,17H,4,12H2,1-3H3. The lowest BCUT2D eigenvalue weighted by molar-refractivity contribution is 0.402. The van der Waals surface area contributed by atoms with Gasteiger partial charge in [-0.25, -0.2) is 0 Å². The van der Waals surface area contributed by atoms with Gasteiger partial charge in [-0.1, -0.05) is 25.1 Å². The van der Waals surface area contributed by atoms with Gasteiger partial charge in [0.1, 0.15) is 0 Å². The maximum Gasteiger partial charge on any atom is 0.0603 e. The van der Waals surface area contributed by atoms with Gasteiger partial charge in [0.25, 0.3) is 0 Å². The molecule has 2 aromatic rings. The fourth-order valence-corrected chi connectivity index (χ4v) is 3.05. The molecule has 1 unspecified atom stereocenters. The fraction of sp³-hybridized carbons (Fsp3) is 0.375. The van der Waals surface area contributed by atoms with Crippen molar-refractivity contribution in [3.05, 3.63) is 52.2 Å². The fourth-order valence-electron chi connectivity index (χ4n) is 2.19. The quantitative estimate of drug-likeness (QED) is 0.841. The second-order valence-corrected chi connectivity index (χ2v) is 6.04. The summed E-state index contributed by atoms with van der Waals surface area (Å²) >= 11 is 1.82. The second-order valence-electron chi connectivity index (χ2n) is 5.06. The van der Waals surface area contributed by atoms with E-state index in [1.54, 1.807) is 0 Å². The van der Waals surface area contributed by atoms with E-state index >= 15 is 0 Å². The molecule has 0 amide bonds. The summed E-state index contributed by atoms with van der Waals surface area (Å²) in [6, 6.07) is 13.4. The molecule has 1 N–H and O–H groups in total. The van der Waals surface area contributed by atoms with E-state index in [0.717, 1.165) is 13.0 Å². The van der Waals surface area contributed by atoms with Crippen LogP contribution in [0.1, 0.15) is 29.8 Å². The van der Waals surface area contributed by atoms with Crippen LogP contribution in [-0.2, 0) is 6.54 Å². The van der Waals surface area contributed by atoms with E-state index in [9.17, 15) is 0 Å². The highest BCUT2D eigenvalue weighted by Crippen LogP contribution is 2.26. The van der Waals surface area contributed by atoms with E-state index in [2.05, 4.69) is 73.0 Å². The first kappa shape index (κ1) is 14.1. The number of benzene rings is 1. The van der Waals surface area contributed by atoms with E-state index in [1.807, 2.05) is 11.3 Å². The lowest BCUT2D eigenvalue weighted by atomic mass is 10.1. The van der Waals surface area contributed by atoms with E-state index in [-0.39, 0.29) is 0 Å². The molecule has 102 valence electrons. The number of rotatable bonds is 6. The predicted octanol–water partition coefficient (Wildman–Crippen LogP) is 4.37. The van der Waals surface area contributed by atoms with E-state index in [0.29, 0.717) is 6.04 Å². The summed E-state index contributed by atoms with van der Waals surface area (Å²) in [7, 11) is 4.20. The Morgan fingerprint density at radius 2 is 2.05 bits per heavy atom. The first-order valence-electron chi connectivity index (χ1n) is 6.72. The van der Waals surface area contributed by atoms with E-state index in [1.165, 1.54) is 16.1 Å². The Morgan fingerprint density at radius 1 is 1.21 bits per heavy atom. The predicted molar refractivity (Wildman–Crippen MR) is 84.8 cm³/mol. The number of thiophene rings is 1. The Hall–Kier alpha value is -1.32. The summed E-state index contributed by atoms with van der Waals surface area (Å²) in [5.41, 5.74) is 2.55. The molecule has 0 bridgehead atoms. The van der Waals surface area contributed by atoms with Crippen molar-refractivity contribution in [2.45, 2.75) is 25.9 Å². The minimum atomic E-state index is 0.412. The van der Waals surface area contributed by atoms with Crippen molar-refractivity contribution in [3.63, 3.8) is 0 Å². The molecule has 0 aliphatic carbocycles. The third-order valence-corrected chi connectivity index (χ3v) is 4.05. The van der Waals surface area contributed by atoms with Gasteiger partial charge in [0.2, 0.25) is 0 Å². The largest absolute Gasteiger partial charge is 0.377 e. The molecule has 19 heavy (non-hydrogen) atoms. The molecule has 0 saturated heterocycles. The Kier molecular flexibility index (Phi) is 5.00. The molecule has 0 aliphatic heterocycles. The summed E-state index contributed by atoms with van der Waals surface area (Å²) in [5, 5.41) is 5.78. The zero-order valence-electron chi connectivity index (χ0n) is 11.9. The number of hydrogen-bond donors (Lipinski definition) is 1. The van der Waals surface area contributed by atoms with Gasteiger partial charge < -0.3 is 10.2 Å². The number of anilines is 1. The van der Waals surface area contributed by atoms with Gasteiger partial charge in [-0.05, 0) is 49.7 Å². The van der Waals surface area contributed by atoms with Crippen molar-refractivity contribution < 1.29 is 0 Å². The van der Waals surface area contributed by atoms with Crippen molar-refractivity contribution in [2.24, 2.45) is 0 Å². The molecule has 1 heterocycles. The van der Waals surface area contributed by atoms with Crippen molar-refractivity contribution in [1.82, 2.24) is 4.90 Å². The Bertz CT molecular complexity index is 491. The molecule has 0 radical (unpaired) electrons. The molecule has 1 aromatic heterocycles. The number of hydrogen-bond acceptors (Lipinski definition) is 3. The molecular weight excluding hydrogens is 252 g/mol. The third kappa shape index (κ3) is 4.08. The van der Waals surface area contributed by atoms with Crippen LogP contribution in [0.3, 0.4) is 0 Å². The van der Waals surface area contributed by atoms with Crippen LogP contribution in [0.15, 0.2) is 41.8 Å². The zero-order chi connectivity index (χ0) is 13.7. The summed E-state index contributed by atoms with van der Waals surface area (Å²) in [4.78, 5) is 3.59. The third-order valence-electron chi connectivity index (χ3n) is 3.06. The SMILES string of the molecule is CCC(Nc1cccc(CN(C)C)c1)c1cccs1. The summed E-state index contributed by atoms with van der Waals surface area (Å²) in [6.07, 6.45) is 1.10. The highest BCUT2D eigenvalue weighted by molar-refractivity contribution is 7.10. The van der Waals surface area contributed by atoms with Crippen LogP contribution in [0.4, 0.5) is 5.69 Å². The molecule has 0 saturated carbocycles. The summed E-state index contributed by atoms with van der Waals surface area (Å²) in [6.45, 7) is 3.20. The first-order valence-corrected chi connectivity index (χ1v) is 7.60. The van der Waals surface area contributed by atoms with Gasteiger partial charge in [0.15, 0.2) is 0 Å². The molecule has 0 fully saturated rings. The van der Waals surface area contributed by atoms with Gasteiger partial charge in [0, 0.05) is 17.1 Å². The Labute approximate surface area is 120 Å². The first-order chi connectivity index (χ1) is 9.19. The van der Waals surface area contributed by atoms with Gasteiger partial charge in [-0.15, -0.1) is 11.3 Å². The molecule has 1 atom stereocenters. The van der Waals surface area contributed by atoms with E-state index < -0.39 is 0 Å². The van der Waals surface area contributed by atoms with Gasteiger partial charge >= 0.3 is 0 Å². The molecule has 2 nitrogen and oxygen atoms in total. The average Bonchev–Trinajstić information content (AvgIpc) is 2.89. The summed E-state index contributed by atoms with van der Waals surface area (Å²) in [5.74, 6) is 0. The van der Waals surface area contributed by atoms with Gasteiger partial charge in [-0.3, -0.25) is 0 Å². The highest BCUT2D eigenvalue weighted by Gasteiger charge is 2.10. The monoisotopic (exact) mass is 274 g/mol. The smallest absolute Gasteiger partial charge is 0.0603 e. The minimum Gasteiger partial charge on any atom is -0.377 e. The van der Waals surface area contributed by atoms with Crippen LogP contribution >= 0.6 is 11.3 Å². The van der Waals surface area contributed by atoms with E-state index in [4.69, 9.17) is 0 Å². The van der Waals surface area contributed by atoms with Crippen molar-refractivity contribution in [2.75, 3.05) is 19.4 Å².